The van der Waals surface area contributed by atoms with Crippen LogP contribution in [0.4, 0.5) is 0 Å². The van der Waals surface area contributed by atoms with Crippen LogP contribution in [0.15, 0.2) is 27.1 Å². The van der Waals surface area contributed by atoms with E-state index < -0.39 is 0 Å². The largest absolute Gasteiger partial charge is 0.456 e. The van der Waals surface area contributed by atoms with E-state index in [1.807, 2.05) is 18.2 Å². The Hall–Kier alpha value is -0.730. The lowest BCUT2D eigenvalue weighted by atomic mass is 10.1. The highest BCUT2D eigenvalue weighted by molar-refractivity contribution is 9.10. The van der Waals surface area contributed by atoms with Crippen molar-refractivity contribution in [2.75, 3.05) is 0 Å². The van der Waals surface area contributed by atoms with Crippen molar-refractivity contribution in [3.8, 4) is 0 Å². The van der Waals surface area contributed by atoms with Crippen LogP contribution in [0.1, 0.15) is 6.42 Å². The van der Waals surface area contributed by atoms with Crippen molar-refractivity contribution in [2.24, 2.45) is 0 Å². The van der Waals surface area contributed by atoms with Crippen molar-refractivity contribution in [3.63, 3.8) is 0 Å². The van der Waals surface area contributed by atoms with Gasteiger partial charge in [-0.05, 0) is 24.6 Å². The van der Waals surface area contributed by atoms with Crippen molar-refractivity contribution in [1.29, 1.82) is 0 Å². The fourth-order valence-electron chi connectivity index (χ4n) is 1.93. The number of rotatable bonds is 0. The molecule has 0 bridgehead atoms. The summed E-state index contributed by atoms with van der Waals surface area (Å²) >= 11 is 9.65. The molecule has 1 aliphatic carbocycles. The minimum Gasteiger partial charge on any atom is -0.456 e. The van der Waals surface area contributed by atoms with Crippen molar-refractivity contribution < 1.29 is 4.42 Å². The summed E-state index contributed by atoms with van der Waals surface area (Å²) in [6.45, 7) is 0. The van der Waals surface area contributed by atoms with Gasteiger partial charge >= 0.3 is 0 Å². The minimum absolute atomic E-state index is 0.0745. The molecule has 0 fully saturated rings. The van der Waals surface area contributed by atoms with Gasteiger partial charge < -0.3 is 4.42 Å². The first kappa shape index (κ1) is 9.49. The maximum atomic E-state index is 6.11. The minimum atomic E-state index is 0.0745. The van der Waals surface area contributed by atoms with Crippen LogP contribution in [0.3, 0.4) is 0 Å². The number of hydrogen-bond donors (Lipinski definition) is 0. The Bertz CT molecular complexity index is 641. The van der Waals surface area contributed by atoms with Gasteiger partial charge in [0.15, 0.2) is 0 Å². The summed E-state index contributed by atoms with van der Waals surface area (Å²) < 4.78 is 6.80. The molecule has 2 aromatic rings. The summed E-state index contributed by atoms with van der Waals surface area (Å²) in [5.41, 5.74) is 1.85. The molecule has 1 nitrogen and oxygen atoms in total. The summed E-state index contributed by atoms with van der Waals surface area (Å²) in [6, 6.07) is 5.96. The highest BCUT2D eigenvalue weighted by Crippen LogP contribution is 2.21. The number of benzene rings is 1. The second-order valence-corrected chi connectivity index (χ2v) is 5.03. The molecule has 3 heteroatoms. The van der Waals surface area contributed by atoms with Crippen molar-refractivity contribution in [3.05, 3.63) is 33.3 Å². The topological polar surface area (TPSA) is 13.1 Å². The molecular weight excluding hydrogens is 275 g/mol. The van der Waals surface area contributed by atoms with E-state index in [0.29, 0.717) is 0 Å². The molecule has 0 spiro atoms. The zero-order valence-electron chi connectivity index (χ0n) is 7.84. The SMILES string of the molecule is ClC1C=c2c(oc3cccc(Br)c23)=CC1. The Morgan fingerprint density at radius 2 is 2.27 bits per heavy atom. The smallest absolute Gasteiger partial charge is 0.136 e. The van der Waals surface area contributed by atoms with Crippen LogP contribution in [-0.2, 0) is 0 Å². The third-order valence-corrected chi connectivity index (χ3v) is 3.57. The van der Waals surface area contributed by atoms with E-state index in [2.05, 4.69) is 28.1 Å². The number of fused-ring (bicyclic) bond motifs is 3. The second-order valence-electron chi connectivity index (χ2n) is 3.62. The Morgan fingerprint density at radius 1 is 1.40 bits per heavy atom. The van der Waals surface area contributed by atoms with Gasteiger partial charge in [0.25, 0.3) is 0 Å². The zero-order valence-corrected chi connectivity index (χ0v) is 10.2. The first-order valence-electron chi connectivity index (χ1n) is 4.79. The summed E-state index contributed by atoms with van der Waals surface area (Å²) in [7, 11) is 0. The molecule has 1 aromatic heterocycles. The van der Waals surface area contributed by atoms with Crippen LogP contribution in [0, 0.1) is 0 Å². The van der Waals surface area contributed by atoms with Crippen LogP contribution in [0.2, 0.25) is 0 Å². The van der Waals surface area contributed by atoms with Crippen LogP contribution >= 0.6 is 27.5 Å². The number of hydrogen-bond acceptors (Lipinski definition) is 1. The Kier molecular flexibility index (Phi) is 2.15. The predicted octanol–water partition coefficient (Wildman–Crippen LogP) is 2.77. The molecule has 0 N–H and O–H groups in total. The van der Waals surface area contributed by atoms with Gasteiger partial charge in [0.2, 0.25) is 0 Å². The zero-order chi connectivity index (χ0) is 10.4. The van der Waals surface area contributed by atoms with Crippen LogP contribution in [-0.4, -0.2) is 5.38 Å². The Morgan fingerprint density at radius 3 is 3.13 bits per heavy atom. The normalized spacial score (nSPS) is 19.5. The molecule has 0 amide bonds. The number of halogens is 2. The molecule has 0 radical (unpaired) electrons. The van der Waals surface area contributed by atoms with Gasteiger partial charge in [0, 0.05) is 15.1 Å². The van der Waals surface area contributed by atoms with Crippen molar-refractivity contribution in [1.82, 2.24) is 0 Å². The third-order valence-electron chi connectivity index (χ3n) is 2.61. The summed E-state index contributed by atoms with van der Waals surface area (Å²) in [4.78, 5) is 0. The highest BCUT2D eigenvalue weighted by atomic mass is 79.9. The van der Waals surface area contributed by atoms with Gasteiger partial charge in [-0.15, -0.1) is 11.6 Å². The fraction of sp³-hybridized carbons (Fsp3) is 0.167. The van der Waals surface area contributed by atoms with E-state index in [9.17, 15) is 0 Å². The molecule has 1 unspecified atom stereocenters. The molecule has 1 heterocycles. The molecule has 3 rings (SSSR count). The summed E-state index contributed by atoms with van der Waals surface area (Å²) in [5.74, 6) is 0. The van der Waals surface area contributed by atoms with E-state index in [4.69, 9.17) is 16.0 Å². The predicted molar refractivity (Wildman–Crippen MR) is 66.4 cm³/mol. The van der Waals surface area contributed by atoms with E-state index in [1.165, 1.54) is 0 Å². The lowest BCUT2D eigenvalue weighted by Crippen LogP contribution is -2.25. The van der Waals surface area contributed by atoms with E-state index >= 15 is 0 Å². The summed E-state index contributed by atoms with van der Waals surface area (Å²) in [5, 5.41) is 2.31. The average molecular weight is 284 g/mol. The fourth-order valence-corrected chi connectivity index (χ4v) is 2.71. The quantitative estimate of drug-likeness (QED) is 0.678. The first-order valence-corrected chi connectivity index (χ1v) is 6.02. The average Bonchev–Trinajstić information content (AvgIpc) is 2.57. The van der Waals surface area contributed by atoms with Gasteiger partial charge in [-0.2, -0.15) is 0 Å². The number of alkyl halides is 1. The molecular formula is C12H8BrClO. The van der Waals surface area contributed by atoms with E-state index in [-0.39, 0.29) is 5.38 Å². The van der Waals surface area contributed by atoms with Gasteiger partial charge in [-0.1, -0.05) is 28.1 Å². The van der Waals surface area contributed by atoms with Gasteiger partial charge in [-0.25, -0.2) is 0 Å². The van der Waals surface area contributed by atoms with Gasteiger partial charge in [0.1, 0.15) is 11.0 Å². The van der Waals surface area contributed by atoms with Gasteiger partial charge in [0.05, 0.1) is 5.38 Å². The highest BCUT2D eigenvalue weighted by Gasteiger charge is 2.11. The number of furan rings is 1. The third kappa shape index (κ3) is 1.44. The maximum Gasteiger partial charge on any atom is 0.136 e. The molecule has 0 aliphatic heterocycles. The second kappa shape index (κ2) is 3.39. The Balaban J connectivity index is 2.57. The van der Waals surface area contributed by atoms with Crippen molar-refractivity contribution >= 4 is 50.7 Å². The van der Waals surface area contributed by atoms with Crippen LogP contribution in [0.25, 0.3) is 23.1 Å². The maximum absolute atomic E-state index is 6.11. The van der Waals surface area contributed by atoms with E-state index in [1.54, 1.807) is 0 Å². The van der Waals surface area contributed by atoms with E-state index in [0.717, 1.165) is 32.5 Å². The molecule has 76 valence electrons. The first-order chi connectivity index (χ1) is 7.25. The molecule has 15 heavy (non-hydrogen) atoms. The molecule has 1 atom stereocenters. The van der Waals surface area contributed by atoms with Crippen molar-refractivity contribution in [2.45, 2.75) is 11.8 Å². The van der Waals surface area contributed by atoms with Gasteiger partial charge in [-0.3, -0.25) is 0 Å². The lowest BCUT2D eigenvalue weighted by molar-refractivity contribution is 0.572. The molecule has 0 saturated carbocycles. The molecule has 0 saturated heterocycles. The molecule has 1 aliphatic rings. The van der Waals surface area contributed by atoms with Crippen LogP contribution < -0.4 is 10.6 Å². The molecule has 1 aromatic carbocycles. The Labute approximate surface area is 100 Å². The lowest BCUT2D eigenvalue weighted by Gasteiger charge is -2.01. The standard InChI is InChI=1S/C12H8BrClO/c13-9-2-1-3-11-12(9)8-6-7(14)4-5-10(8)15-11/h1-3,5-7H,4H2. The summed E-state index contributed by atoms with van der Waals surface area (Å²) in [6.07, 6.45) is 4.96. The van der Waals surface area contributed by atoms with Crippen LogP contribution in [0.5, 0.6) is 0 Å². The monoisotopic (exact) mass is 282 g/mol.